The van der Waals surface area contributed by atoms with Crippen molar-refractivity contribution in [2.75, 3.05) is 0 Å². The molecule has 0 amide bonds. The molecule has 2 aliphatic rings. The van der Waals surface area contributed by atoms with Crippen LogP contribution < -0.4 is 4.74 Å². The number of ketones is 1. The lowest BCUT2D eigenvalue weighted by Crippen LogP contribution is -2.47. The molecule has 1 aromatic carbocycles. The van der Waals surface area contributed by atoms with Gasteiger partial charge in [0.1, 0.15) is 22.9 Å². The summed E-state index contributed by atoms with van der Waals surface area (Å²) in [5, 5.41) is 11.2. The van der Waals surface area contributed by atoms with Gasteiger partial charge in [-0.2, -0.15) is 0 Å². The Balaban J connectivity index is 2.00. The fraction of sp³-hybridized carbons (Fsp3) is 0.708. The Morgan fingerprint density at radius 3 is 2.68 bits per heavy atom. The van der Waals surface area contributed by atoms with E-state index in [0.717, 1.165) is 34.2 Å². The SMILES string of the molecule is CCCCCCC(C)(C)c1cc2c(c(O)c1Br)[C@@H]1CC(=O)CC[C@H]1C(C)(C)O2. The zero-order valence-electron chi connectivity index (χ0n) is 18.0. The molecule has 1 aromatic rings. The maximum absolute atomic E-state index is 12.2. The second-order valence-electron chi connectivity index (χ2n) is 9.89. The van der Waals surface area contributed by atoms with Gasteiger partial charge in [0.2, 0.25) is 0 Å². The fourth-order valence-corrected chi connectivity index (χ4v) is 6.06. The number of halogens is 1. The van der Waals surface area contributed by atoms with Crippen LogP contribution in [0.5, 0.6) is 11.5 Å². The van der Waals surface area contributed by atoms with Crippen LogP contribution in [-0.2, 0) is 10.2 Å². The Hall–Kier alpha value is -1.03. The fourth-order valence-electron chi connectivity index (χ4n) is 5.20. The Morgan fingerprint density at radius 2 is 2.00 bits per heavy atom. The molecular weight excluding hydrogens is 416 g/mol. The monoisotopic (exact) mass is 450 g/mol. The molecule has 1 saturated carbocycles. The van der Waals surface area contributed by atoms with Gasteiger partial charge in [-0.05, 0) is 59.7 Å². The van der Waals surface area contributed by atoms with Gasteiger partial charge in [0, 0.05) is 30.2 Å². The minimum atomic E-state index is -0.332. The predicted octanol–water partition coefficient (Wildman–Crippen LogP) is 7.03. The van der Waals surface area contributed by atoms with Gasteiger partial charge in [-0.1, -0.05) is 46.5 Å². The van der Waals surface area contributed by atoms with E-state index in [1.54, 1.807) is 0 Å². The molecule has 0 radical (unpaired) electrons. The third-order valence-electron chi connectivity index (χ3n) is 6.93. The Morgan fingerprint density at radius 1 is 1.29 bits per heavy atom. The Bertz CT molecular complexity index is 751. The highest BCUT2D eigenvalue weighted by molar-refractivity contribution is 9.10. The van der Waals surface area contributed by atoms with Crippen molar-refractivity contribution in [1.29, 1.82) is 0 Å². The van der Waals surface area contributed by atoms with Gasteiger partial charge in [-0.15, -0.1) is 0 Å². The number of rotatable bonds is 6. The van der Waals surface area contributed by atoms with Crippen molar-refractivity contribution in [3.8, 4) is 11.5 Å². The average Bonchev–Trinajstić information content (AvgIpc) is 2.60. The van der Waals surface area contributed by atoms with Crippen LogP contribution in [0.4, 0.5) is 0 Å². The number of phenolic OH excluding ortho intramolecular Hbond substituents is 1. The highest BCUT2D eigenvalue weighted by Crippen LogP contribution is 2.56. The lowest BCUT2D eigenvalue weighted by molar-refractivity contribution is -0.124. The van der Waals surface area contributed by atoms with Crippen molar-refractivity contribution in [2.45, 2.75) is 103 Å². The summed E-state index contributed by atoms with van der Waals surface area (Å²) in [5.74, 6) is 1.62. The summed E-state index contributed by atoms with van der Waals surface area (Å²) in [5.41, 5.74) is 1.53. The molecule has 1 heterocycles. The van der Waals surface area contributed by atoms with E-state index >= 15 is 0 Å². The minimum absolute atomic E-state index is 0.0398. The quantitative estimate of drug-likeness (QED) is 0.473. The Kier molecular flexibility index (Phi) is 6.20. The molecule has 0 aromatic heterocycles. The number of unbranched alkanes of at least 4 members (excludes halogenated alkanes) is 3. The molecular formula is C24H35BrO3. The molecule has 1 aliphatic heterocycles. The normalized spacial score (nSPS) is 23.7. The number of fused-ring (bicyclic) bond motifs is 3. The summed E-state index contributed by atoms with van der Waals surface area (Å²) in [4.78, 5) is 12.2. The van der Waals surface area contributed by atoms with Crippen molar-refractivity contribution in [3.63, 3.8) is 0 Å². The summed E-state index contributed by atoms with van der Waals surface area (Å²) < 4.78 is 7.22. The van der Waals surface area contributed by atoms with Crippen LogP contribution in [0, 0.1) is 5.92 Å². The number of Topliss-reactive ketones (excluding diaryl/α,β-unsaturated/α-hetero) is 1. The molecule has 28 heavy (non-hydrogen) atoms. The summed E-state index contributed by atoms with van der Waals surface area (Å²) in [7, 11) is 0. The number of hydrogen-bond acceptors (Lipinski definition) is 3. The first-order valence-corrected chi connectivity index (χ1v) is 11.6. The number of hydrogen-bond donors (Lipinski definition) is 1. The van der Waals surface area contributed by atoms with Gasteiger partial charge in [-0.25, -0.2) is 0 Å². The van der Waals surface area contributed by atoms with E-state index in [1.165, 1.54) is 25.7 Å². The number of ether oxygens (including phenoxy) is 1. The largest absolute Gasteiger partial charge is 0.506 e. The van der Waals surface area contributed by atoms with E-state index in [4.69, 9.17) is 4.74 Å². The first-order chi connectivity index (χ1) is 13.1. The second-order valence-corrected chi connectivity index (χ2v) is 10.7. The zero-order chi connectivity index (χ0) is 20.7. The topological polar surface area (TPSA) is 46.5 Å². The molecule has 3 nitrogen and oxygen atoms in total. The maximum atomic E-state index is 12.2. The number of phenols is 1. The van der Waals surface area contributed by atoms with Gasteiger partial charge < -0.3 is 9.84 Å². The van der Waals surface area contributed by atoms with E-state index in [2.05, 4.69) is 56.6 Å². The lowest BCUT2D eigenvalue weighted by atomic mass is 9.66. The standard InChI is InChI=1S/C24H35BrO3/c1-6-7-8-9-12-23(2,3)18-14-19-20(22(27)21(18)25)16-13-15(26)10-11-17(16)24(4,5)28-19/h14,16-17,27H,6-13H2,1-5H3/t16-,17-/m1/s1. The van der Waals surface area contributed by atoms with Gasteiger partial charge in [0.15, 0.2) is 0 Å². The molecule has 0 bridgehead atoms. The summed E-state index contributed by atoms with van der Waals surface area (Å²) in [6, 6.07) is 2.12. The lowest BCUT2D eigenvalue weighted by Gasteiger charge is -2.47. The van der Waals surface area contributed by atoms with Gasteiger partial charge >= 0.3 is 0 Å². The van der Waals surface area contributed by atoms with E-state index in [1.807, 2.05) is 0 Å². The summed E-state index contributed by atoms with van der Waals surface area (Å²) >= 11 is 3.69. The predicted molar refractivity (Wildman–Crippen MR) is 117 cm³/mol. The first-order valence-electron chi connectivity index (χ1n) is 10.8. The Labute approximate surface area is 178 Å². The first kappa shape index (κ1) is 21.7. The van der Waals surface area contributed by atoms with Crippen LogP contribution in [-0.4, -0.2) is 16.5 Å². The molecule has 3 rings (SSSR count). The van der Waals surface area contributed by atoms with E-state index in [0.29, 0.717) is 18.6 Å². The molecule has 0 unspecified atom stereocenters. The number of carbonyl (C=O) groups excluding carboxylic acids is 1. The molecule has 4 heteroatoms. The molecule has 1 aliphatic carbocycles. The molecule has 1 N–H and O–H groups in total. The van der Waals surface area contributed by atoms with Crippen molar-refractivity contribution < 1.29 is 14.6 Å². The van der Waals surface area contributed by atoms with E-state index in [-0.39, 0.29) is 28.6 Å². The third kappa shape index (κ3) is 3.99. The van der Waals surface area contributed by atoms with Crippen molar-refractivity contribution in [1.82, 2.24) is 0 Å². The van der Waals surface area contributed by atoms with Crippen molar-refractivity contribution >= 4 is 21.7 Å². The maximum Gasteiger partial charge on any atom is 0.137 e. The average molecular weight is 451 g/mol. The zero-order valence-corrected chi connectivity index (χ0v) is 19.6. The highest BCUT2D eigenvalue weighted by atomic mass is 79.9. The third-order valence-corrected chi connectivity index (χ3v) is 7.73. The molecule has 0 saturated heterocycles. The van der Waals surface area contributed by atoms with Crippen molar-refractivity contribution in [2.24, 2.45) is 5.92 Å². The number of benzene rings is 1. The molecule has 1 fully saturated rings. The minimum Gasteiger partial charge on any atom is -0.506 e. The molecule has 2 atom stereocenters. The van der Waals surface area contributed by atoms with Crippen LogP contribution >= 0.6 is 15.9 Å². The van der Waals surface area contributed by atoms with Gasteiger partial charge in [-0.3, -0.25) is 4.79 Å². The van der Waals surface area contributed by atoms with Crippen LogP contribution in [0.2, 0.25) is 0 Å². The number of aromatic hydroxyl groups is 1. The molecule has 156 valence electrons. The van der Waals surface area contributed by atoms with E-state index in [9.17, 15) is 9.90 Å². The van der Waals surface area contributed by atoms with Crippen molar-refractivity contribution in [3.05, 3.63) is 21.7 Å². The highest BCUT2D eigenvalue weighted by Gasteiger charge is 2.48. The number of carbonyl (C=O) groups is 1. The van der Waals surface area contributed by atoms with Gasteiger partial charge in [0.25, 0.3) is 0 Å². The van der Waals surface area contributed by atoms with Crippen LogP contribution in [0.25, 0.3) is 0 Å². The van der Waals surface area contributed by atoms with Crippen LogP contribution in [0.3, 0.4) is 0 Å². The summed E-state index contributed by atoms with van der Waals surface area (Å²) in [6.45, 7) is 11.0. The smallest absolute Gasteiger partial charge is 0.137 e. The van der Waals surface area contributed by atoms with Crippen LogP contribution in [0.15, 0.2) is 10.5 Å². The van der Waals surface area contributed by atoms with Crippen LogP contribution in [0.1, 0.15) is 103 Å². The molecule has 0 spiro atoms. The second kappa shape index (κ2) is 8.01. The summed E-state index contributed by atoms with van der Waals surface area (Å²) in [6.07, 6.45) is 7.93. The van der Waals surface area contributed by atoms with Gasteiger partial charge in [0.05, 0.1) is 4.47 Å². The van der Waals surface area contributed by atoms with E-state index < -0.39 is 0 Å².